The van der Waals surface area contributed by atoms with Crippen LogP contribution in [-0.4, -0.2) is 201 Å². The monoisotopic (exact) mass is 1110 g/mol. The van der Waals surface area contributed by atoms with Crippen molar-refractivity contribution in [3.63, 3.8) is 0 Å². The van der Waals surface area contributed by atoms with E-state index in [9.17, 15) is 54.5 Å². The van der Waals surface area contributed by atoms with Crippen LogP contribution in [-0.2, 0) is 49.3 Å². The smallest absolute Gasteiger partial charge is 0.410 e. The van der Waals surface area contributed by atoms with Crippen molar-refractivity contribution in [3.05, 3.63) is 51.8 Å². The Bertz CT molecular complexity index is 2240. The Kier molecular flexibility index (Phi) is 21.5. The predicted molar refractivity (Wildman–Crippen MR) is 276 cm³/mol. The fourth-order valence-electron chi connectivity index (χ4n) is 9.19. The summed E-state index contributed by atoms with van der Waals surface area (Å²) in [6.45, 7) is 17.0. The van der Waals surface area contributed by atoms with Gasteiger partial charge in [0.2, 0.25) is 6.29 Å². The maximum Gasteiger partial charge on any atom is 0.410 e. The second kappa shape index (κ2) is 26.5. The summed E-state index contributed by atoms with van der Waals surface area (Å²) in [5.74, 6) is -0.407. The first kappa shape index (κ1) is 63.2. The van der Waals surface area contributed by atoms with Crippen LogP contribution < -0.4 is 27.0 Å². The molecular formula is C51H82N8O19. The first-order valence-electron chi connectivity index (χ1n) is 26.1. The number of benzene rings is 1. The number of hydrogen-bond donors (Lipinski definition) is 9. The topological polar surface area (TPSA) is 364 Å². The second-order valence-electron chi connectivity index (χ2n) is 23.4. The van der Waals surface area contributed by atoms with Gasteiger partial charge < -0.3 is 95.1 Å². The molecule has 0 radical (unpaired) electrons. The fourth-order valence-corrected chi connectivity index (χ4v) is 9.19. The van der Waals surface area contributed by atoms with Crippen LogP contribution in [0.4, 0.5) is 24.9 Å². The average molecular weight is 1110 g/mol. The first-order chi connectivity index (χ1) is 36.2. The zero-order chi connectivity index (χ0) is 58.1. The molecule has 0 unspecified atom stereocenters. The summed E-state index contributed by atoms with van der Waals surface area (Å²) in [5.41, 5.74) is 2.75. The minimum atomic E-state index is -1.87. The van der Waals surface area contributed by atoms with Gasteiger partial charge in [-0.15, -0.1) is 0 Å². The summed E-state index contributed by atoms with van der Waals surface area (Å²) in [4.78, 5) is 78.6. The largest absolute Gasteiger partial charge is 0.466 e. The Hall–Kier alpha value is -5.65. The van der Waals surface area contributed by atoms with Crippen molar-refractivity contribution >= 4 is 36.0 Å². The van der Waals surface area contributed by atoms with Crippen LogP contribution in [0, 0.1) is 16.0 Å². The first-order valence-corrected chi connectivity index (χ1v) is 26.1. The lowest BCUT2D eigenvalue weighted by atomic mass is 9.83. The zero-order valence-corrected chi connectivity index (χ0v) is 46.4. The highest BCUT2D eigenvalue weighted by atomic mass is 16.7. The van der Waals surface area contributed by atoms with E-state index in [1.54, 1.807) is 52.5 Å². The van der Waals surface area contributed by atoms with Crippen LogP contribution in [0.25, 0.3) is 0 Å². The average Bonchev–Trinajstić information content (AvgIpc) is 3.32. The number of nitrogens with zero attached hydrogens (tertiary/aromatic N) is 3. The fraction of sp³-hybridized carbons (Fsp3) is 0.745. The van der Waals surface area contributed by atoms with E-state index < -0.39 is 132 Å². The molecule has 2 saturated heterocycles. The number of ether oxygens (including phenoxy) is 8. The lowest BCUT2D eigenvalue weighted by Gasteiger charge is -2.50. The van der Waals surface area contributed by atoms with Crippen molar-refractivity contribution in [2.24, 2.45) is 11.7 Å². The van der Waals surface area contributed by atoms with Gasteiger partial charge in [-0.25, -0.2) is 19.2 Å². The molecule has 1 aromatic carbocycles. The number of alkyl carbamates (subject to hydrolysis) is 2. The maximum absolute atomic E-state index is 13.6. The van der Waals surface area contributed by atoms with Crippen LogP contribution in [0.15, 0.2) is 36.1 Å². The molecule has 0 bridgehead atoms. The third-order valence-corrected chi connectivity index (χ3v) is 13.0. The number of hydrogen-bond acceptors (Lipinski definition) is 21. The molecule has 3 aliphatic heterocycles. The van der Waals surface area contributed by atoms with Crippen LogP contribution >= 0.6 is 0 Å². The number of rotatable bonds is 17. The zero-order valence-electron chi connectivity index (χ0n) is 46.4. The Morgan fingerprint density at radius 3 is 2.10 bits per heavy atom. The lowest BCUT2D eigenvalue weighted by Crippen LogP contribution is -2.70. The van der Waals surface area contributed by atoms with E-state index in [4.69, 9.17) is 43.6 Å². The molecule has 78 heavy (non-hydrogen) atoms. The molecule has 3 fully saturated rings. The number of nitrogens with one attached hydrogen (secondary N) is 4. The van der Waals surface area contributed by atoms with Crippen molar-refractivity contribution in [1.29, 1.82) is 0 Å². The van der Waals surface area contributed by atoms with E-state index in [-0.39, 0.29) is 43.7 Å². The number of carbonyl (C=O) groups excluding carboxylic acids is 5. The predicted octanol–water partition coefficient (Wildman–Crippen LogP) is 1.99. The van der Waals surface area contributed by atoms with Gasteiger partial charge in [0.1, 0.15) is 65.3 Å². The van der Waals surface area contributed by atoms with Gasteiger partial charge in [-0.1, -0.05) is 0 Å². The van der Waals surface area contributed by atoms with Gasteiger partial charge >= 0.3 is 24.4 Å². The molecule has 5 amide bonds. The van der Waals surface area contributed by atoms with Crippen molar-refractivity contribution in [1.82, 2.24) is 31.1 Å². The van der Waals surface area contributed by atoms with Gasteiger partial charge in [-0.05, 0) is 131 Å². The van der Waals surface area contributed by atoms with Gasteiger partial charge in [0.15, 0.2) is 6.29 Å². The summed E-state index contributed by atoms with van der Waals surface area (Å²) < 4.78 is 46.8. The standard InChI is InChI=1S/C51H82N8O19/c1-48(2,3)76-44(64)54-25-35(60)41(63)55-34-22-32(52)38(36(61)39(34)75-43-37(62)40(51(10,68)27-72-43)57(11)46(66)77-49(4,5)6)74-42-33(56-45(65)71-26-29-12-14-30(15-13-29)59(69)70)17-16-31(73-42)24-53-23-28-18-20-58(21-19-28)47(67)78-50(7,8)9/h12-16,28,32-40,42-43,53,60-62,68H,17-27,52H2,1-11H3,(H,54,64)(H,55,63)(H,56,65)/t32-,33+,34+,35-,36-,37+,38+,39-,40+,42+,43+,51-/m0/s1. The molecule has 1 saturated carbocycles. The molecule has 4 aliphatic rings. The van der Waals surface area contributed by atoms with Gasteiger partial charge in [0.05, 0.1) is 42.7 Å². The third-order valence-electron chi connectivity index (χ3n) is 13.0. The molecule has 1 aromatic rings. The van der Waals surface area contributed by atoms with Gasteiger partial charge in [0, 0.05) is 38.3 Å². The molecule has 0 aromatic heterocycles. The number of amides is 5. The maximum atomic E-state index is 13.6. The van der Waals surface area contributed by atoms with Crippen LogP contribution in [0.1, 0.15) is 100 Å². The van der Waals surface area contributed by atoms with Crippen molar-refractivity contribution < 1.29 is 87.2 Å². The number of aliphatic hydroxyl groups excluding tert-OH is 3. The molecule has 27 nitrogen and oxygen atoms in total. The summed E-state index contributed by atoms with van der Waals surface area (Å²) in [6.07, 6.45) is -11.6. The quantitative estimate of drug-likeness (QED) is 0.0612. The van der Waals surface area contributed by atoms with E-state index in [0.717, 1.165) is 17.7 Å². The Labute approximate surface area is 454 Å². The van der Waals surface area contributed by atoms with Crippen molar-refractivity contribution in [3.8, 4) is 0 Å². The molecule has 10 N–H and O–H groups in total. The number of carbonyl (C=O) groups is 5. The minimum absolute atomic E-state index is 0.114. The Balaban J connectivity index is 1.37. The number of nitro groups is 1. The van der Waals surface area contributed by atoms with Crippen molar-refractivity contribution in [2.45, 2.75) is 191 Å². The molecule has 3 heterocycles. The highest BCUT2D eigenvalue weighted by Gasteiger charge is 2.54. The van der Waals surface area contributed by atoms with Crippen LogP contribution in [0.2, 0.25) is 0 Å². The second-order valence-corrected chi connectivity index (χ2v) is 23.4. The summed E-state index contributed by atoms with van der Waals surface area (Å²) in [5, 5.41) is 68.8. The molecule has 1 aliphatic carbocycles. The number of likely N-dealkylation sites (tertiary alicyclic amines) is 1. The molecule has 27 heteroatoms. The van der Waals surface area contributed by atoms with E-state index in [1.807, 2.05) is 20.8 Å². The van der Waals surface area contributed by atoms with Crippen molar-refractivity contribution in [2.75, 3.05) is 46.4 Å². The number of nitrogens with two attached hydrogens (primary N) is 1. The van der Waals surface area contributed by atoms with Gasteiger partial charge in [-0.3, -0.25) is 14.9 Å². The minimum Gasteiger partial charge on any atom is -0.466 e. The lowest BCUT2D eigenvalue weighted by molar-refractivity contribution is -0.384. The molecular weight excluding hydrogens is 1030 g/mol. The molecule has 0 spiro atoms. The third kappa shape index (κ3) is 18.7. The summed E-state index contributed by atoms with van der Waals surface area (Å²) in [6, 6.07) is 0.588. The molecule has 12 atom stereocenters. The highest BCUT2D eigenvalue weighted by Crippen LogP contribution is 2.34. The molecule has 5 rings (SSSR count). The van der Waals surface area contributed by atoms with Gasteiger partial charge in [0.25, 0.3) is 11.6 Å². The normalized spacial score (nSPS) is 28.4. The number of nitro benzene ring substituents is 1. The Morgan fingerprint density at radius 1 is 0.885 bits per heavy atom. The van der Waals surface area contributed by atoms with Crippen LogP contribution in [0.3, 0.4) is 0 Å². The van der Waals surface area contributed by atoms with E-state index in [1.165, 1.54) is 38.2 Å². The number of piperidine rings is 1. The number of aliphatic hydroxyl groups is 4. The van der Waals surface area contributed by atoms with E-state index in [2.05, 4.69) is 21.3 Å². The number of non-ortho nitro benzene ring substituents is 1. The Morgan fingerprint density at radius 2 is 1.50 bits per heavy atom. The molecule has 440 valence electrons. The summed E-state index contributed by atoms with van der Waals surface area (Å²) in [7, 11) is 1.31. The SMILES string of the molecule is CN(C(=O)OC(C)(C)C)[C@@H]1[C@@H](O)[C@@H](O[C@@H]2[C@@H](O)[C@H](O[C@H]3OC(CNCC4CCN(C(=O)OC(C)(C)C)CC4)=CC[C@H]3NC(=O)OCc3ccc([N+](=O)[O-])cc3)[C@@H](N)C[C@H]2NC(=O)[C@@H](O)CNC(=O)OC(C)(C)C)OC[C@]1(C)O. The van der Waals surface area contributed by atoms with Gasteiger partial charge in [-0.2, -0.15) is 0 Å². The summed E-state index contributed by atoms with van der Waals surface area (Å²) >= 11 is 0. The van der Waals surface area contributed by atoms with E-state index >= 15 is 0 Å². The van der Waals surface area contributed by atoms with Crippen LogP contribution in [0.5, 0.6) is 0 Å². The number of likely N-dealkylation sites (N-methyl/N-ethyl adjacent to an activating group) is 1. The van der Waals surface area contributed by atoms with E-state index in [0.29, 0.717) is 31.0 Å². The highest BCUT2D eigenvalue weighted by molar-refractivity contribution is 5.82.